The van der Waals surface area contributed by atoms with Crippen molar-refractivity contribution >= 4 is 11.9 Å². The Morgan fingerprint density at radius 2 is 1.84 bits per heavy atom. The van der Waals surface area contributed by atoms with E-state index in [1.165, 1.54) is 5.56 Å². The van der Waals surface area contributed by atoms with Crippen LogP contribution in [0.3, 0.4) is 0 Å². The van der Waals surface area contributed by atoms with Crippen molar-refractivity contribution in [3.8, 4) is 0 Å². The summed E-state index contributed by atoms with van der Waals surface area (Å²) in [7, 11) is 0. The Bertz CT molecular complexity index is 585. The number of hydrogen-bond acceptors (Lipinski definition) is 4. The minimum atomic E-state index is -0.883. The number of nitrogens with one attached hydrogen (secondary N) is 1. The van der Waals surface area contributed by atoms with E-state index in [9.17, 15) is 9.59 Å². The monoisotopic (exact) mass is 345 g/mol. The summed E-state index contributed by atoms with van der Waals surface area (Å²) < 4.78 is 0. The van der Waals surface area contributed by atoms with Crippen LogP contribution in [0.2, 0.25) is 0 Å². The van der Waals surface area contributed by atoms with Gasteiger partial charge in [0.05, 0.1) is 0 Å². The molecule has 2 N–H and O–H groups in total. The Labute approximate surface area is 148 Å². The van der Waals surface area contributed by atoms with Gasteiger partial charge in [0, 0.05) is 32.6 Å². The molecule has 0 radical (unpaired) electrons. The van der Waals surface area contributed by atoms with E-state index in [4.69, 9.17) is 5.11 Å². The number of piperidine rings is 1. The number of aliphatic carboxylic acids is 1. The second kappa shape index (κ2) is 8.45. The first-order valence-corrected chi connectivity index (χ1v) is 9.12. The Kier molecular flexibility index (Phi) is 6.04. The van der Waals surface area contributed by atoms with E-state index in [0.29, 0.717) is 25.4 Å². The number of carbonyl (C=O) groups excluding carboxylic acids is 1. The topological polar surface area (TPSA) is 72.9 Å². The molecule has 136 valence electrons. The Balaban J connectivity index is 1.42. The summed E-state index contributed by atoms with van der Waals surface area (Å²) in [6.45, 7) is 4.45. The van der Waals surface area contributed by atoms with Gasteiger partial charge in [0.15, 0.2) is 0 Å². The number of carboxylic acids is 1. The van der Waals surface area contributed by atoms with E-state index < -0.39 is 12.0 Å². The van der Waals surface area contributed by atoms with E-state index in [1.54, 1.807) is 4.90 Å². The van der Waals surface area contributed by atoms with Crippen LogP contribution in [0.4, 0.5) is 0 Å². The molecule has 0 bridgehead atoms. The molecule has 6 nitrogen and oxygen atoms in total. The van der Waals surface area contributed by atoms with E-state index >= 15 is 0 Å². The van der Waals surface area contributed by atoms with Crippen LogP contribution < -0.4 is 5.32 Å². The molecule has 2 aliphatic rings. The minimum absolute atomic E-state index is 0.106. The molecule has 2 saturated heterocycles. The lowest BCUT2D eigenvalue weighted by molar-refractivity contribution is -0.143. The van der Waals surface area contributed by atoms with Gasteiger partial charge in [0.1, 0.15) is 6.04 Å². The van der Waals surface area contributed by atoms with Crippen molar-refractivity contribution in [3.63, 3.8) is 0 Å². The van der Waals surface area contributed by atoms with Crippen LogP contribution in [0, 0.1) is 5.92 Å². The maximum atomic E-state index is 12.5. The van der Waals surface area contributed by atoms with Gasteiger partial charge in [0.25, 0.3) is 0 Å². The van der Waals surface area contributed by atoms with Crippen molar-refractivity contribution in [2.45, 2.75) is 31.8 Å². The molecule has 3 rings (SSSR count). The fourth-order valence-electron chi connectivity index (χ4n) is 3.71. The molecule has 0 aromatic heterocycles. The summed E-state index contributed by atoms with van der Waals surface area (Å²) in [5.41, 5.74) is 1.33. The highest BCUT2D eigenvalue weighted by Gasteiger charge is 2.29. The summed E-state index contributed by atoms with van der Waals surface area (Å²) in [5, 5.41) is 12.0. The van der Waals surface area contributed by atoms with Gasteiger partial charge >= 0.3 is 5.97 Å². The fraction of sp³-hybridized carbons (Fsp3) is 0.579. The highest BCUT2D eigenvalue weighted by atomic mass is 16.4. The maximum absolute atomic E-state index is 12.5. The van der Waals surface area contributed by atoms with Crippen LogP contribution in [0.5, 0.6) is 0 Å². The number of carbonyl (C=O) groups is 2. The van der Waals surface area contributed by atoms with E-state index in [2.05, 4.69) is 34.5 Å². The first-order chi connectivity index (χ1) is 12.1. The molecule has 25 heavy (non-hydrogen) atoms. The maximum Gasteiger partial charge on any atom is 0.322 e. The van der Waals surface area contributed by atoms with Gasteiger partial charge in [-0.25, -0.2) is 0 Å². The molecule has 0 spiro atoms. The van der Waals surface area contributed by atoms with Gasteiger partial charge in [-0.2, -0.15) is 0 Å². The normalized spacial score (nSPS) is 22.7. The van der Waals surface area contributed by atoms with Crippen LogP contribution >= 0.6 is 0 Å². The van der Waals surface area contributed by atoms with Crippen molar-refractivity contribution < 1.29 is 14.7 Å². The number of benzene rings is 1. The number of amides is 1. The van der Waals surface area contributed by atoms with E-state index in [0.717, 1.165) is 32.5 Å². The zero-order valence-corrected chi connectivity index (χ0v) is 14.6. The summed E-state index contributed by atoms with van der Waals surface area (Å²) in [5.74, 6) is -0.362. The number of carboxylic acid groups (broad SMARTS) is 1. The summed E-state index contributed by atoms with van der Waals surface area (Å²) >= 11 is 0. The molecule has 1 amide bonds. The Morgan fingerprint density at radius 3 is 2.52 bits per heavy atom. The minimum Gasteiger partial charge on any atom is -0.480 e. The highest BCUT2D eigenvalue weighted by Crippen LogP contribution is 2.23. The Hall–Kier alpha value is -1.92. The van der Waals surface area contributed by atoms with Gasteiger partial charge in [0.2, 0.25) is 5.91 Å². The lowest BCUT2D eigenvalue weighted by Gasteiger charge is -2.35. The lowest BCUT2D eigenvalue weighted by Crippen LogP contribution is -2.56. The van der Waals surface area contributed by atoms with Gasteiger partial charge in [-0.1, -0.05) is 30.3 Å². The molecule has 2 aliphatic heterocycles. The number of rotatable bonds is 5. The number of piperazine rings is 1. The lowest BCUT2D eigenvalue weighted by atomic mass is 9.92. The first kappa shape index (κ1) is 17.9. The zero-order valence-electron chi connectivity index (χ0n) is 14.6. The summed E-state index contributed by atoms with van der Waals surface area (Å²) in [6, 6.07) is 9.84. The van der Waals surface area contributed by atoms with Crippen molar-refractivity contribution in [3.05, 3.63) is 35.9 Å². The second-order valence-corrected chi connectivity index (χ2v) is 7.09. The summed E-state index contributed by atoms with van der Waals surface area (Å²) in [6.07, 6.45) is 2.62. The molecule has 6 heteroatoms. The third kappa shape index (κ3) is 5.03. The second-order valence-electron chi connectivity index (χ2n) is 7.09. The number of nitrogens with zero attached hydrogens (tertiary/aromatic N) is 2. The largest absolute Gasteiger partial charge is 0.480 e. The molecule has 1 aromatic carbocycles. The van der Waals surface area contributed by atoms with Crippen LogP contribution in [0.25, 0.3) is 0 Å². The van der Waals surface area contributed by atoms with Crippen molar-refractivity contribution in [2.24, 2.45) is 5.92 Å². The molecule has 1 unspecified atom stereocenters. The van der Waals surface area contributed by atoms with E-state index in [-0.39, 0.29) is 12.5 Å². The van der Waals surface area contributed by atoms with Gasteiger partial charge in [-0.05, 0) is 37.4 Å². The zero-order chi connectivity index (χ0) is 17.6. The van der Waals surface area contributed by atoms with E-state index in [1.807, 2.05) is 6.07 Å². The molecule has 1 aromatic rings. The van der Waals surface area contributed by atoms with Gasteiger partial charge in [-0.15, -0.1) is 0 Å². The van der Waals surface area contributed by atoms with Crippen LogP contribution in [-0.4, -0.2) is 65.5 Å². The Morgan fingerprint density at radius 1 is 1.12 bits per heavy atom. The molecule has 1 atom stereocenters. The van der Waals surface area contributed by atoms with Crippen LogP contribution in [0.15, 0.2) is 30.3 Å². The smallest absolute Gasteiger partial charge is 0.322 e. The quantitative estimate of drug-likeness (QED) is 0.838. The standard InChI is InChI=1S/C19H27N3O3/c23-18(22-11-8-20-17(14-22)19(24)25)12-15-6-9-21(10-7-15)13-16-4-2-1-3-5-16/h1-5,15,17,20H,6-14H2,(H,24,25). The predicted molar refractivity (Wildman–Crippen MR) is 95.1 cm³/mol. The fourth-order valence-corrected chi connectivity index (χ4v) is 3.71. The van der Waals surface area contributed by atoms with Crippen LogP contribution in [0.1, 0.15) is 24.8 Å². The third-order valence-electron chi connectivity index (χ3n) is 5.25. The molecular weight excluding hydrogens is 318 g/mol. The van der Waals surface area contributed by atoms with Crippen molar-refractivity contribution in [1.82, 2.24) is 15.1 Å². The average Bonchev–Trinajstić information content (AvgIpc) is 2.64. The first-order valence-electron chi connectivity index (χ1n) is 9.12. The number of hydrogen-bond donors (Lipinski definition) is 2. The molecule has 2 fully saturated rings. The molecular formula is C19H27N3O3. The highest BCUT2D eigenvalue weighted by molar-refractivity contribution is 5.79. The summed E-state index contributed by atoms with van der Waals surface area (Å²) in [4.78, 5) is 27.8. The van der Waals surface area contributed by atoms with Crippen molar-refractivity contribution in [2.75, 3.05) is 32.7 Å². The molecule has 0 saturated carbocycles. The predicted octanol–water partition coefficient (Wildman–Crippen LogP) is 1.17. The van der Waals surface area contributed by atoms with Gasteiger partial charge < -0.3 is 15.3 Å². The van der Waals surface area contributed by atoms with Crippen molar-refractivity contribution in [1.29, 1.82) is 0 Å². The molecule has 2 heterocycles. The van der Waals surface area contributed by atoms with Gasteiger partial charge in [-0.3, -0.25) is 14.5 Å². The molecule has 0 aliphatic carbocycles. The average molecular weight is 345 g/mol. The third-order valence-corrected chi connectivity index (χ3v) is 5.25. The van der Waals surface area contributed by atoms with Crippen LogP contribution in [-0.2, 0) is 16.1 Å². The number of likely N-dealkylation sites (tertiary alicyclic amines) is 1. The SMILES string of the molecule is O=C(O)C1CN(C(=O)CC2CCN(Cc3ccccc3)CC2)CCN1.